The first-order valence-corrected chi connectivity index (χ1v) is 7.32. The minimum absolute atomic E-state index is 0.0317. The molecule has 0 radical (unpaired) electrons. The average Bonchev–Trinajstić information content (AvgIpc) is 2.92. The predicted octanol–water partition coefficient (Wildman–Crippen LogP) is 3.44. The maximum absolute atomic E-state index is 14.4. The van der Waals surface area contributed by atoms with Gasteiger partial charge in [0.2, 0.25) is 0 Å². The van der Waals surface area contributed by atoms with E-state index in [4.69, 9.17) is 17.4 Å². The van der Waals surface area contributed by atoms with Crippen molar-refractivity contribution >= 4 is 33.0 Å². The third kappa shape index (κ3) is 2.44. The van der Waals surface area contributed by atoms with Gasteiger partial charge in [-0.15, -0.1) is 0 Å². The minimum Gasteiger partial charge on any atom is -0.271 e. The van der Waals surface area contributed by atoms with E-state index in [-0.39, 0.29) is 5.02 Å². The van der Waals surface area contributed by atoms with Crippen molar-refractivity contribution in [3.63, 3.8) is 0 Å². The smallest absolute Gasteiger partial charge is 0.148 e. The number of pyridine rings is 1. The molecule has 7 heteroatoms. The number of nitrogens with two attached hydrogens (primary N) is 1. The highest BCUT2D eigenvalue weighted by molar-refractivity contribution is 9.10. The Bertz CT molecular complexity index is 805. The first-order valence-electron chi connectivity index (χ1n) is 6.15. The Hall–Kier alpha value is -1.47. The number of fused-ring (bicyclic) bond motifs is 1. The number of hydrogen-bond acceptors (Lipinski definition) is 3. The van der Waals surface area contributed by atoms with Crippen molar-refractivity contribution in [2.45, 2.75) is 6.04 Å². The molecule has 0 bridgehead atoms. The van der Waals surface area contributed by atoms with E-state index >= 15 is 0 Å². The van der Waals surface area contributed by atoms with Crippen molar-refractivity contribution in [3.05, 3.63) is 69.2 Å². The second-order valence-corrected chi connectivity index (χ2v) is 5.73. The molecule has 0 aliphatic heterocycles. The van der Waals surface area contributed by atoms with Gasteiger partial charge in [0.05, 0.1) is 22.8 Å². The van der Waals surface area contributed by atoms with Crippen LogP contribution in [0.25, 0.3) is 5.52 Å². The van der Waals surface area contributed by atoms with Gasteiger partial charge < -0.3 is 0 Å². The molecule has 0 aliphatic carbocycles. The number of hydrazine groups is 1. The lowest BCUT2D eigenvalue weighted by atomic mass is 10.00. The summed E-state index contributed by atoms with van der Waals surface area (Å²) in [5.41, 5.74) is 4.62. The highest BCUT2D eigenvalue weighted by Crippen LogP contribution is 2.33. The molecule has 0 amide bonds. The standard InChI is InChI=1S/C14H11BrClFN4/c15-10-5-4-8(13(17)12(10)16)14(20-18)9-7-19-21-6-2-1-3-11(9)21/h1-7,14,20H,18H2. The van der Waals surface area contributed by atoms with Crippen LogP contribution in [0.4, 0.5) is 4.39 Å². The molecule has 2 heterocycles. The summed E-state index contributed by atoms with van der Waals surface area (Å²) in [6.07, 6.45) is 3.48. The highest BCUT2D eigenvalue weighted by Gasteiger charge is 2.22. The third-order valence-electron chi connectivity index (χ3n) is 3.31. The zero-order valence-electron chi connectivity index (χ0n) is 10.7. The Balaban J connectivity index is 2.17. The van der Waals surface area contributed by atoms with Gasteiger partial charge in [0.1, 0.15) is 5.82 Å². The molecule has 1 atom stereocenters. The van der Waals surface area contributed by atoms with Gasteiger partial charge in [0, 0.05) is 21.8 Å². The van der Waals surface area contributed by atoms with Crippen molar-refractivity contribution < 1.29 is 4.39 Å². The van der Waals surface area contributed by atoms with E-state index in [1.165, 1.54) is 0 Å². The molecule has 108 valence electrons. The molecule has 1 aromatic carbocycles. The molecule has 21 heavy (non-hydrogen) atoms. The predicted molar refractivity (Wildman–Crippen MR) is 83.5 cm³/mol. The molecule has 0 spiro atoms. The zero-order valence-corrected chi connectivity index (χ0v) is 13.1. The Morgan fingerprint density at radius 2 is 2.10 bits per heavy atom. The number of rotatable bonds is 3. The molecule has 0 fully saturated rings. The number of nitrogens with one attached hydrogen (secondary N) is 1. The molecule has 0 aliphatic rings. The number of hydrogen-bond donors (Lipinski definition) is 2. The van der Waals surface area contributed by atoms with Crippen molar-refractivity contribution in [2.24, 2.45) is 5.84 Å². The lowest BCUT2D eigenvalue weighted by molar-refractivity contribution is 0.561. The summed E-state index contributed by atoms with van der Waals surface area (Å²) in [6, 6.07) is 8.44. The van der Waals surface area contributed by atoms with Crippen LogP contribution in [0.5, 0.6) is 0 Å². The Labute approximate surface area is 133 Å². The Kier molecular flexibility index (Phi) is 3.95. The largest absolute Gasteiger partial charge is 0.271 e. The highest BCUT2D eigenvalue weighted by atomic mass is 79.9. The summed E-state index contributed by atoms with van der Waals surface area (Å²) >= 11 is 9.15. The molecule has 2 aromatic heterocycles. The van der Waals surface area contributed by atoms with Crippen molar-refractivity contribution in [3.8, 4) is 0 Å². The summed E-state index contributed by atoms with van der Waals surface area (Å²) < 4.78 is 16.6. The fourth-order valence-corrected chi connectivity index (χ4v) is 2.77. The summed E-state index contributed by atoms with van der Waals surface area (Å²) in [5.74, 6) is 5.13. The quantitative estimate of drug-likeness (QED) is 0.422. The van der Waals surface area contributed by atoms with Crippen LogP contribution in [0.15, 0.2) is 47.2 Å². The van der Waals surface area contributed by atoms with Crippen LogP contribution in [0.1, 0.15) is 17.2 Å². The Morgan fingerprint density at radius 1 is 1.29 bits per heavy atom. The summed E-state index contributed by atoms with van der Waals surface area (Å²) in [5, 5.41) is 4.27. The van der Waals surface area contributed by atoms with Crippen LogP contribution in [0.3, 0.4) is 0 Å². The summed E-state index contributed by atoms with van der Waals surface area (Å²) in [7, 11) is 0. The fraction of sp³-hybridized carbons (Fsp3) is 0.0714. The monoisotopic (exact) mass is 368 g/mol. The van der Waals surface area contributed by atoms with Gasteiger partial charge >= 0.3 is 0 Å². The van der Waals surface area contributed by atoms with E-state index in [9.17, 15) is 4.39 Å². The van der Waals surface area contributed by atoms with Gasteiger partial charge in [-0.25, -0.2) is 14.3 Å². The van der Waals surface area contributed by atoms with Gasteiger partial charge in [-0.2, -0.15) is 5.10 Å². The summed E-state index contributed by atoms with van der Waals surface area (Å²) in [4.78, 5) is 0. The van der Waals surface area contributed by atoms with Crippen LogP contribution < -0.4 is 11.3 Å². The first kappa shape index (κ1) is 14.5. The van der Waals surface area contributed by atoms with Gasteiger partial charge in [-0.3, -0.25) is 5.84 Å². The second kappa shape index (κ2) is 5.73. The maximum atomic E-state index is 14.4. The van der Waals surface area contributed by atoms with Crippen LogP contribution in [-0.2, 0) is 0 Å². The van der Waals surface area contributed by atoms with E-state index in [1.807, 2.05) is 24.4 Å². The van der Waals surface area contributed by atoms with Gasteiger partial charge in [-0.05, 0) is 34.1 Å². The molecule has 1 unspecified atom stereocenters. The molecule has 3 rings (SSSR count). The van der Waals surface area contributed by atoms with Crippen LogP contribution in [-0.4, -0.2) is 9.61 Å². The zero-order chi connectivity index (χ0) is 15.0. The minimum atomic E-state index is -0.546. The molecule has 0 saturated carbocycles. The van der Waals surface area contributed by atoms with Gasteiger partial charge in [0.25, 0.3) is 0 Å². The number of nitrogens with zero attached hydrogens (tertiary/aromatic N) is 2. The number of aromatic nitrogens is 2. The lowest BCUT2D eigenvalue weighted by Gasteiger charge is -2.17. The molecule has 0 saturated heterocycles. The van der Waals surface area contributed by atoms with E-state index in [2.05, 4.69) is 26.5 Å². The van der Waals surface area contributed by atoms with E-state index in [1.54, 1.807) is 22.8 Å². The van der Waals surface area contributed by atoms with Crippen molar-refractivity contribution in [2.75, 3.05) is 0 Å². The van der Waals surface area contributed by atoms with Crippen molar-refractivity contribution in [1.82, 2.24) is 15.0 Å². The van der Waals surface area contributed by atoms with Gasteiger partial charge in [0.15, 0.2) is 0 Å². The molecular formula is C14H11BrClFN4. The second-order valence-electron chi connectivity index (χ2n) is 4.49. The molecule has 3 N–H and O–H groups in total. The maximum Gasteiger partial charge on any atom is 0.148 e. The van der Waals surface area contributed by atoms with E-state index < -0.39 is 11.9 Å². The fourth-order valence-electron chi connectivity index (χ4n) is 2.29. The van der Waals surface area contributed by atoms with Crippen LogP contribution in [0, 0.1) is 5.82 Å². The van der Waals surface area contributed by atoms with Crippen molar-refractivity contribution in [1.29, 1.82) is 0 Å². The van der Waals surface area contributed by atoms with Crippen LogP contribution in [0.2, 0.25) is 5.02 Å². The third-order valence-corrected chi connectivity index (χ3v) is 4.57. The average molecular weight is 370 g/mol. The van der Waals surface area contributed by atoms with E-state index in [0.29, 0.717) is 10.0 Å². The SMILES string of the molecule is NNC(c1ccc(Br)c(Cl)c1F)c1cnn2ccccc12. The lowest BCUT2D eigenvalue weighted by Crippen LogP contribution is -2.29. The molecular weight excluding hydrogens is 359 g/mol. The van der Waals surface area contributed by atoms with Gasteiger partial charge in [-0.1, -0.05) is 23.7 Å². The normalized spacial score (nSPS) is 12.8. The topological polar surface area (TPSA) is 55.3 Å². The number of benzene rings is 1. The first-order chi connectivity index (χ1) is 10.1. The Morgan fingerprint density at radius 3 is 2.86 bits per heavy atom. The molecule has 3 aromatic rings. The van der Waals surface area contributed by atoms with E-state index in [0.717, 1.165) is 11.1 Å². The molecule has 4 nitrogen and oxygen atoms in total. The summed E-state index contributed by atoms with van der Waals surface area (Å²) in [6.45, 7) is 0. The number of halogens is 3. The van der Waals surface area contributed by atoms with Crippen LogP contribution >= 0.6 is 27.5 Å².